The quantitative estimate of drug-likeness (QED) is 0.641. The predicted octanol–water partition coefficient (Wildman–Crippen LogP) is 1.14. The van der Waals surface area contributed by atoms with Crippen LogP contribution in [0.3, 0.4) is 0 Å². The maximum absolute atomic E-state index is 8.73. The van der Waals surface area contributed by atoms with Crippen LogP contribution in [0, 0.1) is 0 Å². The van der Waals surface area contributed by atoms with Crippen LogP contribution in [0.2, 0.25) is 0 Å². The number of aliphatic hydroxyl groups excluding tert-OH is 1. The highest BCUT2D eigenvalue weighted by molar-refractivity contribution is 7.98. The number of rotatable bonds is 5. The Morgan fingerprint density at radius 3 is 2.57 bits per heavy atom. The van der Waals surface area contributed by atoms with Crippen molar-refractivity contribution in [1.29, 1.82) is 0 Å². The summed E-state index contributed by atoms with van der Waals surface area (Å²) < 4.78 is 0. The third-order valence-corrected chi connectivity index (χ3v) is 2.64. The number of nitrogens with one attached hydrogen (secondary N) is 1. The second-order valence-corrected chi connectivity index (χ2v) is 3.93. The SMILES string of the molecule is CSc1ccc(NCC(N)CO)cc1. The Bertz CT molecular complexity index is 263. The third-order valence-electron chi connectivity index (χ3n) is 1.89. The molecule has 1 unspecified atom stereocenters. The lowest BCUT2D eigenvalue weighted by atomic mass is 10.3. The van der Waals surface area contributed by atoms with Gasteiger partial charge in [-0.25, -0.2) is 0 Å². The molecule has 0 fully saturated rings. The molecule has 0 amide bonds. The van der Waals surface area contributed by atoms with Gasteiger partial charge in [-0.05, 0) is 30.5 Å². The Morgan fingerprint density at radius 1 is 1.43 bits per heavy atom. The van der Waals surface area contributed by atoms with Gasteiger partial charge in [0.1, 0.15) is 0 Å². The molecule has 0 aliphatic heterocycles. The summed E-state index contributed by atoms with van der Waals surface area (Å²) in [6.07, 6.45) is 2.05. The summed E-state index contributed by atoms with van der Waals surface area (Å²) in [6, 6.07) is 7.93. The zero-order chi connectivity index (χ0) is 10.4. The van der Waals surface area contributed by atoms with Crippen LogP contribution in [0.15, 0.2) is 29.2 Å². The molecule has 0 aliphatic rings. The number of benzene rings is 1. The molecule has 3 nitrogen and oxygen atoms in total. The molecule has 1 atom stereocenters. The molecular formula is C10H16N2OS. The molecule has 0 radical (unpaired) electrons. The van der Waals surface area contributed by atoms with Gasteiger partial charge in [0, 0.05) is 23.2 Å². The minimum atomic E-state index is -0.199. The number of thioether (sulfide) groups is 1. The van der Waals surface area contributed by atoms with Gasteiger partial charge in [-0.3, -0.25) is 0 Å². The van der Waals surface area contributed by atoms with E-state index >= 15 is 0 Å². The molecule has 0 aromatic heterocycles. The molecule has 0 saturated carbocycles. The smallest absolute Gasteiger partial charge is 0.0599 e. The van der Waals surface area contributed by atoms with Crippen LogP contribution < -0.4 is 11.1 Å². The lowest BCUT2D eigenvalue weighted by Gasteiger charge is -2.10. The molecule has 78 valence electrons. The van der Waals surface area contributed by atoms with Crippen molar-refractivity contribution in [3.05, 3.63) is 24.3 Å². The minimum Gasteiger partial charge on any atom is -0.395 e. The fourth-order valence-corrected chi connectivity index (χ4v) is 1.43. The lowest BCUT2D eigenvalue weighted by molar-refractivity contribution is 0.270. The van der Waals surface area contributed by atoms with E-state index in [0.29, 0.717) is 6.54 Å². The Hall–Kier alpha value is -0.710. The molecule has 1 aromatic rings. The monoisotopic (exact) mass is 212 g/mol. The van der Waals surface area contributed by atoms with Gasteiger partial charge < -0.3 is 16.2 Å². The van der Waals surface area contributed by atoms with E-state index in [2.05, 4.69) is 17.4 Å². The zero-order valence-electron chi connectivity index (χ0n) is 8.23. The summed E-state index contributed by atoms with van der Waals surface area (Å²) in [4.78, 5) is 1.24. The molecule has 0 bridgehead atoms. The Balaban J connectivity index is 2.43. The lowest BCUT2D eigenvalue weighted by Crippen LogP contribution is -2.32. The van der Waals surface area contributed by atoms with Gasteiger partial charge in [0.25, 0.3) is 0 Å². The van der Waals surface area contributed by atoms with Gasteiger partial charge in [-0.2, -0.15) is 0 Å². The fraction of sp³-hybridized carbons (Fsp3) is 0.400. The molecule has 0 aliphatic carbocycles. The molecular weight excluding hydrogens is 196 g/mol. The highest BCUT2D eigenvalue weighted by Crippen LogP contribution is 2.17. The van der Waals surface area contributed by atoms with E-state index in [4.69, 9.17) is 10.8 Å². The van der Waals surface area contributed by atoms with Crippen LogP contribution in [0.1, 0.15) is 0 Å². The van der Waals surface area contributed by atoms with Crippen molar-refractivity contribution in [3.8, 4) is 0 Å². The first kappa shape index (κ1) is 11.4. The number of hydrogen-bond acceptors (Lipinski definition) is 4. The first-order valence-corrected chi connectivity index (χ1v) is 5.73. The maximum atomic E-state index is 8.73. The van der Waals surface area contributed by atoms with Crippen molar-refractivity contribution < 1.29 is 5.11 Å². The molecule has 4 N–H and O–H groups in total. The van der Waals surface area contributed by atoms with E-state index in [1.807, 2.05) is 18.4 Å². The first-order chi connectivity index (χ1) is 6.76. The molecule has 0 spiro atoms. The Morgan fingerprint density at radius 2 is 2.07 bits per heavy atom. The third kappa shape index (κ3) is 3.57. The van der Waals surface area contributed by atoms with Crippen molar-refractivity contribution >= 4 is 17.4 Å². The van der Waals surface area contributed by atoms with Crippen molar-refractivity contribution in [2.45, 2.75) is 10.9 Å². The van der Waals surface area contributed by atoms with Crippen LogP contribution in [0.4, 0.5) is 5.69 Å². The van der Waals surface area contributed by atoms with Crippen molar-refractivity contribution in [2.24, 2.45) is 5.73 Å². The summed E-state index contributed by atoms with van der Waals surface area (Å²) in [6.45, 7) is 0.602. The molecule has 4 heteroatoms. The summed E-state index contributed by atoms with van der Waals surface area (Å²) >= 11 is 1.71. The number of anilines is 1. The van der Waals surface area contributed by atoms with E-state index in [0.717, 1.165) is 5.69 Å². The van der Waals surface area contributed by atoms with E-state index in [1.54, 1.807) is 11.8 Å². The topological polar surface area (TPSA) is 58.3 Å². The molecule has 0 heterocycles. The second kappa shape index (κ2) is 5.90. The van der Waals surface area contributed by atoms with Crippen LogP contribution >= 0.6 is 11.8 Å². The molecule has 1 rings (SSSR count). The van der Waals surface area contributed by atoms with E-state index < -0.39 is 0 Å². The van der Waals surface area contributed by atoms with E-state index in [1.165, 1.54) is 4.90 Å². The average Bonchev–Trinajstić information content (AvgIpc) is 2.26. The van der Waals surface area contributed by atoms with Gasteiger partial charge in [0.15, 0.2) is 0 Å². The van der Waals surface area contributed by atoms with E-state index in [-0.39, 0.29) is 12.6 Å². The maximum Gasteiger partial charge on any atom is 0.0599 e. The standard InChI is InChI=1S/C10H16N2OS/c1-14-10-4-2-9(3-5-10)12-6-8(11)7-13/h2-5,8,12-13H,6-7,11H2,1H3. The fourth-order valence-electron chi connectivity index (χ4n) is 1.02. The van der Waals surface area contributed by atoms with Gasteiger partial charge in [-0.15, -0.1) is 11.8 Å². The average molecular weight is 212 g/mol. The van der Waals surface area contributed by atoms with Gasteiger partial charge in [0.2, 0.25) is 0 Å². The highest BCUT2D eigenvalue weighted by Gasteiger charge is 1.99. The normalized spacial score (nSPS) is 12.5. The number of aliphatic hydroxyl groups is 1. The summed E-state index contributed by atoms with van der Waals surface area (Å²) in [5.74, 6) is 0. The van der Waals surface area contributed by atoms with Gasteiger partial charge in [0.05, 0.1) is 6.61 Å². The highest BCUT2D eigenvalue weighted by atomic mass is 32.2. The van der Waals surface area contributed by atoms with Crippen molar-refractivity contribution in [1.82, 2.24) is 0 Å². The Kier molecular flexibility index (Phi) is 4.79. The number of nitrogens with two attached hydrogens (primary N) is 1. The van der Waals surface area contributed by atoms with Gasteiger partial charge in [-0.1, -0.05) is 0 Å². The number of hydrogen-bond donors (Lipinski definition) is 3. The van der Waals surface area contributed by atoms with Gasteiger partial charge >= 0.3 is 0 Å². The summed E-state index contributed by atoms with van der Waals surface area (Å²) in [5, 5.41) is 11.9. The molecule has 0 saturated heterocycles. The van der Waals surface area contributed by atoms with Crippen LogP contribution in [0.5, 0.6) is 0 Å². The zero-order valence-corrected chi connectivity index (χ0v) is 9.05. The van der Waals surface area contributed by atoms with Crippen molar-refractivity contribution in [2.75, 3.05) is 24.7 Å². The van der Waals surface area contributed by atoms with Crippen LogP contribution in [-0.4, -0.2) is 30.6 Å². The summed E-state index contributed by atoms with van der Waals surface area (Å²) in [7, 11) is 0. The Labute approximate surface area is 88.7 Å². The second-order valence-electron chi connectivity index (χ2n) is 3.05. The van der Waals surface area contributed by atoms with E-state index in [9.17, 15) is 0 Å². The largest absolute Gasteiger partial charge is 0.395 e. The summed E-state index contributed by atoms with van der Waals surface area (Å²) in [5.41, 5.74) is 6.59. The minimum absolute atomic E-state index is 0.00982. The first-order valence-electron chi connectivity index (χ1n) is 4.50. The van der Waals surface area contributed by atoms with Crippen molar-refractivity contribution in [3.63, 3.8) is 0 Å². The van der Waals surface area contributed by atoms with Crippen LogP contribution in [0.25, 0.3) is 0 Å². The molecule has 14 heavy (non-hydrogen) atoms. The predicted molar refractivity (Wildman–Crippen MR) is 61.8 cm³/mol. The molecule has 1 aromatic carbocycles. The van der Waals surface area contributed by atoms with Crippen LogP contribution in [-0.2, 0) is 0 Å².